The summed E-state index contributed by atoms with van der Waals surface area (Å²) in [5, 5.41) is 4.20. The molecule has 3 heterocycles. The van der Waals surface area contributed by atoms with E-state index in [-0.39, 0.29) is 11.8 Å². The van der Waals surface area contributed by atoms with Crippen LogP contribution in [-0.2, 0) is 11.8 Å². The van der Waals surface area contributed by atoms with Crippen LogP contribution in [0.4, 0.5) is 0 Å². The molecule has 0 radical (unpaired) electrons. The smallest absolute Gasteiger partial charge is 0.274 e. The second-order valence-corrected chi connectivity index (χ2v) is 8.13. The van der Waals surface area contributed by atoms with Gasteiger partial charge in [-0.25, -0.2) is 0 Å². The molecule has 1 aromatic carbocycles. The number of carbonyl (C=O) groups is 1. The van der Waals surface area contributed by atoms with Gasteiger partial charge in [0.15, 0.2) is 5.82 Å². The summed E-state index contributed by atoms with van der Waals surface area (Å²) in [7, 11) is 2.01. The maximum absolute atomic E-state index is 12.3. The van der Waals surface area contributed by atoms with Crippen molar-refractivity contribution < 1.29 is 9.32 Å². The third-order valence-electron chi connectivity index (χ3n) is 5.85. The first-order valence-corrected chi connectivity index (χ1v) is 9.93. The van der Waals surface area contributed by atoms with E-state index in [0.29, 0.717) is 30.6 Å². The molecule has 1 unspecified atom stereocenters. The van der Waals surface area contributed by atoms with Gasteiger partial charge in [0.05, 0.1) is 0 Å². The van der Waals surface area contributed by atoms with Gasteiger partial charge in [0.25, 0.3) is 5.89 Å². The number of aromatic nitrogens is 3. The molecule has 6 nitrogen and oxygen atoms in total. The van der Waals surface area contributed by atoms with Gasteiger partial charge in [-0.05, 0) is 49.4 Å². The summed E-state index contributed by atoms with van der Waals surface area (Å²) in [6, 6.07) is 12.5. The summed E-state index contributed by atoms with van der Waals surface area (Å²) in [6.45, 7) is 3.68. The molecular weight excluding hydrogens is 352 g/mol. The number of hydrogen-bond acceptors (Lipinski definition) is 4. The van der Waals surface area contributed by atoms with E-state index < -0.39 is 0 Å². The normalized spacial score (nSPS) is 19.6. The number of carbonyl (C=O) groups excluding carboxylic acids is 1. The number of hydrogen-bond donors (Lipinski definition) is 0. The molecular formula is C22H24N4O2. The van der Waals surface area contributed by atoms with Crippen molar-refractivity contribution >= 4 is 5.91 Å². The highest BCUT2D eigenvalue weighted by Gasteiger charge is 2.36. The highest BCUT2D eigenvalue weighted by Crippen LogP contribution is 2.34. The zero-order valence-electron chi connectivity index (χ0n) is 16.3. The van der Waals surface area contributed by atoms with Crippen LogP contribution < -0.4 is 0 Å². The number of benzene rings is 1. The quantitative estimate of drug-likeness (QED) is 0.680. The van der Waals surface area contributed by atoms with E-state index in [4.69, 9.17) is 4.52 Å². The van der Waals surface area contributed by atoms with Crippen molar-refractivity contribution in [1.29, 1.82) is 0 Å². The Morgan fingerprint density at radius 3 is 2.79 bits per heavy atom. The number of nitrogens with zero attached hydrogens (tertiary/aromatic N) is 4. The molecule has 28 heavy (non-hydrogen) atoms. The third-order valence-corrected chi connectivity index (χ3v) is 5.85. The molecule has 0 N–H and O–H groups in total. The van der Waals surface area contributed by atoms with E-state index in [1.165, 1.54) is 18.4 Å². The van der Waals surface area contributed by atoms with Crippen LogP contribution in [-0.4, -0.2) is 38.6 Å². The lowest BCUT2D eigenvalue weighted by molar-refractivity contribution is -0.127. The van der Waals surface area contributed by atoms with Gasteiger partial charge in [-0.3, -0.25) is 4.79 Å². The van der Waals surface area contributed by atoms with Crippen LogP contribution in [0.25, 0.3) is 22.8 Å². The molecule has 1 saturated carbocycles. The van der Waals surface area contributed by atoms with Crippen LogP contribution >= 0.6 is 0 Å². The van der Waals surface area contributed by atoms with Crippen molar-refractivity contribution in [3.63, 3.8) is 0 Å². The average molecular weight is 376 g/mol. The molecule has 0 spiro atoms. The first-order chi connectivity index (χ1) is 13.6. The molecule has 144 valence electrons. The Labute approximate surface area is 164 Å². The molecule has 0 bridgehead atoms. The van der Waals surface area contributed by atoms with Crippen LogP contribution in [0.2, 0.25) is 0 Å². The molecule has 3 aromatic rings. The van der Waals surface area contributed by atoms with E-state index in [0.717, 1.165) is 23.5 Å². The Bertz CT molecular complexity index is 1030. The fourth-order valence-corrected chi connectivity index (χ4v) is 4.06. The predicted octanol–water partition coefficient (Wildman–Crippen LogP) is 3.78. The predicted molar refractivity (Wildman–Crippen MR) is 106 cm³/mol. The Kier molecular flexibility index (Phi) is 4.07. The summed E-state index contributed by atoms with van der Waals surface area (Å²) < 4.78 is 7.64. The van der Waals surface area contributed by atoms with Crippen molar-refractivity contribution in [1.82, 2.24) is 19.6 Å². The first kappa shape index (κ1) is 17.2. The van der Waals surface area contributed by atoms with Crippen molar-refractivity contribution in [2.45, 2.75) is 32.1 Å². The van der Waals surface area contributed by atoms with E-state index in [1.807, 2.05) is 18.0 Å². The third kappa shape index (κ3) is 3.13. The number of amides is 1. The zero-order valence-corrected chi connectivity index (χ0v) is 16.3. The van der Waals surface area contributed by atoms with E-state index in [2.05, 4.69) is 52.0 Å². The second kappa shape index (κ2) is 6.62. The lowest BCUT2D eigenvalue weighted by atomic mass is 10.1. The SMILES string of the molecule is Cc1cccc(-c2ccc(-c3nc(C4CC(=O)N(CC5CC5)C4)no3)n2C)c1. The van der Waals surface area contributed by atoms with Gasteiger partial charge in [-0.1, -0.05) is 28.9 Å². The van der Waals surface area contributed by atoms with Gasteiger partial charge in [-0.2, -0.15) is 4.98 Å². The van der Waals surface area contributed by atoms with Crippen molar-refractivity contribution in [3.8, 4) is 22.8 Å². The summed E-state index contributed by atoms with van der Waals surface area (Å²) in [5.41, 5.74) is 4.37. The van der Waals surface area contributed by atoms with Crippen LogP contribution in [0.3, 0.4) is 0 Å². The Balaban J connectivity index is 1.37. The monoisotopic (exact) mass is 376 g/mol. The van der Waals surface area contributed by atoms with Gasteiger partial charge in [0.1, 0.15) is 5.69 Å². The molecule has 2 fully saturated rings. The molecule has 2 aliphatic rings. The van der Waals surface area contributed by atoms with E-state index >= 15 is 0 Å². The molecule has 1 amide bonds. The summed E-state index contributed by atoms with van der Waals surface area (Å²) >= 11 is 0. The maximum atomic E-state index is 12.3. The minimum absolute atomic E-state index is 0.0280. The van der Waals surface area contributed by atoms with E-state index in [9.17, 15) is 4.79 Å². The molecule has 5 rings (SSSR count). The standard InChI is InChI=1S/C22H24N4O2/c1-14-4-3-5-16(10-14)18-8-9-19(25(18)2)22-23-21(24-28-22)17-11-20(27)26(13-17)12-15-6-7-15/h3-5,8-10,15,17H,6-7,11-13H2,1-2H3. The van der Waals surface area contributed by atoms with Crippen molar-refractivity contribution in [3.05, 3.63) is 47.8 Å². The van der Waals surface area contributed by atoms with Gasteiger partial charge in [0, 0.05) is 38.2 Å². The van der Waals surface area contributed by atoms with Crippen molar-refractivity contribution in [2.75, 3.05) is 13.1 Å². The highest BCUT2D eigenvalue weighted by atomic mass is 16.5. The molecule has 1 aliphatic carbocycles. The minimum atomic E-state index is 0.0280. The fraction of sp³-hybridized carbons (Fsp3) is 0.409. The Hall–Kier alpha value is -2.89. The van der Waals surface area contributed by atoms with Crippen LogP contribution in [0.1, 0.15) is 36.6 Å². The number of likely N-dealkylation sites (tertiary alicyclic amines) is 1. The van der Waals surface area contributed by atoms with Gasteiger partial charge >= 0.3 is 0 Å². The summed E-state index contributed by atoms with van der Waals surface area (Å²) in [5.74, 6) is 2.08. The van der Waals surface area contributed by atoms with Crippen LogP contribution in [0.5, 0.6) is 0 Å². The molecule has 1 aliphatic heterocycles. The van der Waals surface area contributed by atoms with E-state index in [1.54, 1.807) is 0 Å². The topological polar surface area (TPSA) is 64.2 Å². The lowest BCUT2D eigenvalue weighted by Gasteiger charge is -2.14. The van der Waals surface area contributed by atoms with Crippen molar-refractivity contribution in [2.24, 2.45) is 13.0 Å². The first-order valence-electron chi connectivity index (χ1n) is 9.93. The van der Waals surface area contributed by atoms with Crippen LogP contribution in [0.15, 0.2) is 40.9 Å². The largest absolute Gasteiger partial charge is 0.342 e. The highest BCUT2D eigenvalue weighted by molar-refractivity contribution is 5.79. The number of aryl methyl sites for hydroxylation is 1. The molecule has 6 heteroatoms. The van der Waals surface area contributed by atoms with Gasteiger partial charge < -0.3 is 14.0 Å². The Morgan fingerprint density at radius 1 is 1.18 bits per heavy atom. The summed E-state index contributed by atoms with van der Waals surface area (Å²) in [4.78, 5) is 18.9. The minimum Gasteiger partial charge on any atom is -0.342 e. The molecule has 2 aromatic heterocycles. The summed E-state index contributed by atoms with van der Waals surface area (Å²) in [6.07, 6.45) is 2.97. The zero-order chi connectivity index (χ0) is 19.3. The molecule has 1 saturated heterocycles. The number of rotatable bonds is 5. The molecule has 1 atom stereocenters. The fourth-order valence-electron chi connectivity index (χ4n) is 4.06. The second-order valence-electron chi connectivity index (χ2n) is 8.13. The van der Waals surface area contributed by atoms with Gasteiger partial charge in [0.2, 0.25) is 5.91 Å². The maximum Gasteiger partial charge on any atom is 0.274 e. The van der Waals surface area contributed by atoms with Crippen LogP contribution in [0, 0.1) is 12.8 Å². The Morgan fingerprint density at radius 2 is 2.00 bits per heavy atom. The lowest BCUT2D eigenvalue weighted by Crippen LogP contribution is -2.27. The average Bonchev–Trinajstić information content (AvgIpc) is 3.05. The van der Waals surface area contributed by atoms with Gasteiger partial charge in [-0.15, -0.1) is 0 Å².